The van der Waals surface area contributed by atoms with Gasteiger partial charge in [-0.3, -0.25) is 0 Å². The molecule has 0 aliphatic heterocycles. The molecule has 0 amide bonds. The van der Waals surface area contributed by atoms with Gasteiger partial charge in [0.05, 0.1) is 26.2 Å². The lowest BCUT2D eigenvalue weighted by Gasteiger charge is -2.13. The first-order chi connectivity index (χ1) is 10.8. The third-order valence-electron chi connectivity index (χ3n) is 3.93. The van der Waals surface area contributed by atoms with E-state index < -0.39 is 0 Å². The first-order valence-corrected chi connectivity index (χ1v) is 7.58. The predicted octanol–water partition coefficient (Wildman–Crippen LogP) is 4.22. The van der Waals surface area contributed by atoms with Gasteiger partial charge in [-0.15, -0.1) is 0 Å². The first-order valence-electron chi connectivity index (χ1n) is 7.58. The van der Waals surface area contributed by atoms with Crippen LogP contribution in [0.4, 0.5) is 0 Å². The quantitative estimate of drug-likeness (QED) is 0.801. The van der Waals surface area contributed by atoms with Crippen LogP contribution in [-0.4, -0.2) is 13.7 Å². The number of nitrogens with zero attached hydrogens (tertiary/aromatic N) is 1. The Balaban J connectivity index is 1.93. The van der Waals surface area contributed by atoms with Gasteiger partial charge in [-0.25, -0.2) is 0 Å². The molecule has 2 aromatic carbocycles. The molecule has 1 saturated carbocycles. The predicted molar refractivity (Wildman–Crippen MR) is 86.0 cm³/mol. The monoisotopic (exact) mass is 293 g/mol. The van der Waals surface area contributed by atoms with E-state index >= 15 is 0 Å². The van der Waals surface area contributed by atoms with Crippen LogP contribution >= 0.6 is 0 Å². The van der Waals surface area contributed by atoms with Crippen LogP contribution in [0.3, 0.4) is 0 Å². The molecular formula is C19H19NO2. The van der Waals surface area contributed by atoms with Crippen LogP contribution in [0, 0.1) is 17.2 Å². The highest BCUT2D eigenvalue weighted by molar-refractivity contribution is 5.70. The van der Waals surface area contributed by atoms with Crippen molar-refractivity contribution < 1.29 is 9.47 Å². The van der Waals surface area contributed by atoms with Crippen molar-refractivity contribution in [1.29, 1.82) is 5.26 Å². The molecule has 0 saturated heterocycles. The van der Waals surface area contributed by atoms with Crippen molar-refractivity contribution in [3.63, 3.8) is 0 Å². The molecule has 22 heavy (non-hydrogen) atoms. The van der Waals surface area contributed by atoms with Gasteiger partial charge in [-0.1, -0.05) is 30.3 Å². The maximum Gasteiger partial charge on any atom is 0.161 e. The highest BCUT2D eigenvalue weighted by atomic mass is 16.5. The Morgan fingerprint density at radius 1 is 1.14 bits per heavy atom. The highest BCUT2D eigenvalue weighted by Gasteiger charge is 2.22. The number of rotatable bonds is 6. The Bertz CT molecular complexity index is 699. The summed E-state index contributed by atoms with van der Waals surface area (Å²) >= 11 is 0. The van der Waals surface area contributed by atoms with Crippen molar-refractivity contribution in [1.82, 2.24) is 0 Å². The second-order valence-corrected chi connectivity index (χ2v) is 5.61. The van der Waals surface area contributed by atoms with E-state index in [1.165, 1.54) is 12.8 Å². The molecule has 0 N–H and O–H groups in total. The van der Waals surface area contributed by atoms with Gasteiger partial charge in [0.15, 0.2) is 11.5 Å². The number of methoxy groups -OCH3 is 1. The standard InChI is InChI=1S/C19H19NO2/c1-21-18-9-8-16(12-19(18)22-13-14-6-7-14)17-5-3-2-4-15(17)10-11-20/h2-5,8-9,12,14H,6-7,10,13H2,1H3. The number of hydrogen-bond acceptors (Lipinski definition) is 3. The van der Waals surface area contributed by atoms with E-state index in [4.69, 9.17) is 14.7 Å². The van der Waals surface area contributed by atoms with Gasteiger partial charge >= 0.3 is 0 Å². The van der Waals surface area contributed by atoms with Gasteiger partial charge < -0.3 is 9.47 Å². The van der Waals surface area contributed by atoms with Crippen molar-refractivity contribution in [2.75, 3.05) is 13.7 Å². The molecule has 2 aromatic rings. The zero-order valence-electron chi connectivity index (χ0n) is 12.7. The normalized spacial score (nSPS) is 13.5. The van der Waals surface area contributed by atoms with E-state index in [-0.39, 0.29) is 0 Å². The molecule has 0 aromatic heterocycles. The van der Waals surface area contributed by atoms with Crippen molar-refractivity contribution >= 4 is 0 Å². The van der Waals surface area contributed by atoms with Crippen molar-refractivity contribution in [3.8, 4) is 28.7 Å². The Morgan fingerprint density at radius 3 is 2.68 bits per heavy atom. The lowest BCUT2D eigenvalue weighted by atomic mass is 9.98. The molecule has 3 nitrogen and oxygen atoms in total. The van der Waals surface area contributed by atoms with Crippen molar-refractivity contribution in [2.45, 2.75) is 19.3 Å². The molecule has 0 atom stereocenters. The Kier molecular flexibility index (Phi) is 4.29. The number of ether oxygens (including phenoxy) is 2. The second-order valence-electron chi connectivity index (χ2n) is 5.61. The fraction of sp³-hybridized carbons (Fsp3) is 0.316. The van der Waals surface area contributed by atoms with Gasteiger partial charge in [0.2, 0.25) is 0 Å². The molecule has 1 aliphatic rings. The van der Waals surface area contributed by atoms with E-state index in [9.17, 15) is 0 Å². The highest BCUT2D eigenvalue weighted by Crippen LogP contribution is 2.36. The Morgan fingerprint density at radius 2 is 1.95 bits per heavy atom. The molecule has 1 fully saturated rings. The SMILES string of the molecule is COc1ccc(-c2ccccc2CC#N)cc1OCC1CC1. The van der Waals surface area contributed by atoms with Crippen LogP contribution in [-0.2, 0) is 6.42 Å². The van der Waals surface area contributed by atoms with Gasteiger partial charge in [0, 0.05) is 0 Å². The maximum absolute atomic E-state index is 8.99. The fourth-order valence-electron chi connectivity index (χ4n) is 2.49. The van der Waals surface area contributed by atoms with E-state index in [0.29, 0.717) is 12.3 Å². The van der Waals surface area contributed by atoms with E-state index in [2.05, 4.69) is 6.07 Å². The van der Waals surface area contributed by atoms with Crippen LogP contribution in [0.15, 0.2) is 42.5 Å². The molecular weight excluding hydrogens is 274 g/mol. The van der Waals surface area contributed by atoms with Gasteiger partial charge in [0.25, 0.3) is 0 Å². The summed E-state index contributed by atoms with van der Waals surface area (Å²) in [5, 5.41) is 8.99. The lowest BCUT2D eigenvalue weighted by Crippen LogP contribution is -2.01. The maximum atomic E-state index is 8.99. The molecule has 112 valence electrons. The Hall–Kier alpha value is -2.47. The summed E-state index contributed by atoms with van der Waals surface area (Å²) in [5.74, 6) is 2.22. The van der Waals surface area contributed by atoms with Crippen LogP contribution in [0.25, 0.3) is 11.1 Å². The molecule has 1 aliphatic carbocycles. The second kappa shape index (κ2) is 6.53. The third-order valence-corrected chi connectivity index (χ3v) is 3.93. The van der Waals surface area contributed by atoms with E-state index in [0.717, 1.165) is 34.8 Å². The van der Waals surface area contributed by atoms with Crippen LogP contribution < -0.4 is 9.47 Å². The number of benzene rings is 2. The lowest BCUT2D eigenvalue weighted by molar-refractivity contribution is 0.280. The van der Waals surface area contributed by atoms with Crippen molar-refractivity contribution in [3.05, 3.63) is 48.0 Å². The molecule has 0 heterocycles. The molecule has 3 heteroatoms. The van der Waals surface area contributed by atoms with Crippen LogP contribution in [0.5, 0.6) is 11.5 Å². The van der Waals surface area contributed by atoms with Crippen LogP contribution in [0.1, 0.15) is 18.4 Å². The molecule has 0 bridgehead atoms. The molecule has 0 radical (unpaired) electrons. The van der Waals surface area contributed by atoms with E-state index in [1.807, 2.05) is 42.5 Å². The summed E-state index contributed by atoms with van der Waals surface area (Å²) in [6.07, 6.45) is 2.92. The largest absolute Gasteiger partial charge is 0.493 e. The summed E-state index contributed by atoms with van der Waals surface area (Å²) in [6, 6.07) is 16.2. The summed E-state index contributed by atoms with van der Waals surface area (Å²) in [7, 11) is 1.66. The fourth-order valence-corrected chi connectivity index (χ4v) is 2.49. The van der Waals surface area contributed by atoms with Gasteiger partial charge in [0.1, 0.15) is 0 Å². The minimum atomic E-state index is 0.403. The summed E-state index contributed by atoms with van der Waals surface area (Å²) in [5.41, 5.74) is 3.16. The third kappa shape index (κ3) is 3.23. The molecule has 3 rings (SSSR count). The average molecular weight is 293 g/mol. The molecule has 0 unspecified atom stereocenters. The van der Waals surface area contributed by atoms with Gasteiger partial charge in [-0.2, -0.15) is 5.26 Å². The average Bonchev–Trinajstić information content (AvgIpc) is 3.38. The molecule has 0 spiro atoms. The van der Waals surface area contributed by atoms with E-state index in [1.54, 1.807) is 7.11 Å². The van der Waals surface area contributed by atoms with Gasteiger partial charge in [-0.05, 0) is 47.6 Å². The van der Waals surface area contributed by atoms with Crippen LogP contribution in [0.2, 0.25) is 0 Å². The smallest absolute Gasteiger partial charge is 0.161 e. The zero-order valence-corrected chi connectivity index (χ0v) is 12.7. The topological polar surface area (TPSA) is 42.2 Å². The minimum absolute atomic E-state index is 0.403. The number of hydrogen-bond donors (Lipinski definition) is 0. The zero-order chi connectivity index (χ0) is 15.4. The summed E-state index contributed by atoms with van der Waals surface area (Å²) < 4.78 is 11.3. The summed E-state index contributed by atoms with van der Waals surface area (Å²) in [4.78, 5) is 0. The minimum Gasteiger partial charge on any atom is -0.493 e. The first kappa shape index (κ1) is 14.5. The number of nitriles is 1. The Labute approximate surface area is 131 Å². The summed E-state index contributed by atoms with van der Waals surface area (Å²) in [6.45, 7) is 0.750. The van der Waals surface area contributed by atoms with Crippen molar-refractivity contribution in [2.24, 2.45) is 5.92 Å².